The van der Waals surface area contributed by atoms with Gasteiger partial charge in [0, 0.05) is 30.8 Å². The zero-order chi connectivity index (χ0) is 19.2. The first-order valence-electron chi connectivity index (χ1n) is 9.42. The van der Waals surface area contributed by atoms with Crippen molar-refractivity contribution in [2.24, 2.45) is 0 Å². The number of amides is 1. The van der Waals surface area contributed by atoms with Gasteiger partial charge in [-0.1, -0.05) is 37.6 Å². The zero-order valence-corrected chi connectivity index (χ0v) is 16.3. The van der Waals surface area contributed by atoms with Crippen molar-refractivity contribution in [1.82, 2.24) is 9.88 Å². The Morgan fingerprint density at radius 3 is 2.46 bits per heavy atom. The van der Waals surface area contributed by atoms with Gasteiger partial charge in [-0.15, -0.1) is 0 Å². The van der Waals surface area contributed by atoms with E-state index in [2.05, 4.69) is 11.9 Å². The lowest BCUT2D eigenvalue weighted by Crippen LogP contribution is -2.33. The molecule has 1 N–H and O–H groups in total. The molecule has 0 atom stereocenters. The van der Waals surface area contributed by atoms with Crippen LogP contribution in [0.3, 0.4) is 0 Å². The minimum absolute atomic E-state index is 0.0789. The van der Waals surface area contributed by atoms with E-state index in [1.54, 1.807) is 13.8 Å². The number of hydrogen-bond acceptors (Lipinski definition) is 3. The monoisotopic (exact) mass is 354 g/mol. The van der Waals surface area contributed by atoms with E-state index in [4.69, 9.17) is 0 Å². The van der Waals surface area contributed by atoms with Crippen LogP contribution in [-0.2, 0) is 18.4 Å². The van der Waals surface area contributed by atoms with Crippen LogP contribution < -0.4 is 0 Å². The summed E-state index contributed by atoms with van der Waals surface area (Å²) in [5.74, 6) is 0.0789. The Labute approximate surface area is 156 Å². The highest BCUT2D eigenvalue weighted by molar-refractivity contribution is 5.95. The highest BCUT2D eigenvalue weighted by atomic mass is 16.3. The Morgan fingerprint density at radius 1 is 1.08 bits per heavy atom. The number of carbonyl (C=O) groups is 1. The van der Waals surface area contributed by atoms with Gasteiger partial charge in [0.2, 0.25) is 0 Å². The van der Waals surface area contributed by atoms with E-state index in [-0.39, 0.29) is 5.91 Å². The molecule has 4 nitrogen and oxygen atoms in total. The maximum absolute atomic E-state index is 13.0. The molecule has 0 saturated heterocycles. The number of nitrogens with zero attached hydrogens (tertiary/aromatic N) is 2. The third kappa shape index (κ3) is 5.15. The number of pyridine rings is 1. The van der Waals surface area contributed by atoms with Crippen LogP contribution in [0.2, 0.25) is 0 Å². The van der Waals surface area contributed by atoms with Crippen LogP contribution in [0.4, 0.5) is 0 Å². The van der Waals surface area contributed by atoms with Crippen molar-refractivity contribution in [3.05, 3.63) is 65.0 Å². The third-order valence-corrected chi connectivity index (χ3v) is 4.51. The van der Waals surface area contributed by atoms with Crippen LogP contribution in [0.25, 0.3) is 0 Å². The van der Waals surface area contributed by atoms with Crippen LogP contribution in [0.15, 0.2) is 42.5 Å². The first kappa shape index (κ1) is 20.1. The molecule has 0 bridgehead atoms. The Bertz CT molecular complexity index is 735. The first-order valence-corrected chi connectivity index (χ1v) is 9.42. The van der Waals surface area contributed by atoms with Gasteiger partial charge >= 0.3 is 0 Å². The van der Waals surface area contributed by atoms with Gasteiger partial charge in [-0.2, -0.15) is 0 Å². The van der Waals surface area contributed by atoms with E-state index in [0.29, 0.717) is 25.2 Å². The predicted octanol–water partition coefficient (Wildman–Crippen LogP) is 3.97. The molecule has 2 aromatic rings. The Morgan fingerprint density at radius 2 is 1.81 bits per heavy atom. The summed E-state index contributed by atoms with van der Waals surface area (Å²) < 4.78 is 0. The molecule has 0 radical (unpaired) electrons. The van der Waals surface area contributed by atoms with Crippen LogP contribution in [0.1, 0.15) is 61.4 Å². The molecule has 0 spiro atoms. The summed E-state index contributed by atoms with van der Waals surface area (Å²) in [6.45, 7) is 8.85. The van der Waals surface area contributed by atoms with Crippen molar-refractivity contribution >= 4 is 5.91 Å². The normalized spacial score (nSPS) is 11.4. The number of aryl methyl sites for hydroxylation is 1. The number of likely N-dealkylation sites (N-methyl/N-ethyl adjacent to an activating group) is 1. The van der Waals surface area contributed by atoms with Crippen LogP contribution in [0, 0.1) is 0 Å². The van der Waals surface area contributed by atoms with Gasteiger partial charge in [-0.05, 0) is 51.0 Å². The van der Waals surface area contributed by atoms with Crippen LogP contribution in [-0.4, -0.2) is 34.0 Å². The molecule has 1 amide bonds. The average molecular weight is 354 g/mol. The van der Waals surface area contributed by atoms with Gasteiger partial charge < -0.3 is 10.0 Å². The fourth-order valence-electron chi connectivity index (χ4n) is 3.00. The van der Waals surface area contributed by atoms with Crippen molar-refractivity contribution < 1.29 is 9.90 Å². The molecular weight excluding hydrogens is 324 g/mol. The molecule has 1 aromatic carbocycles. The molecule has 0 saturated carbocycles. The van der Waals surface area contributed by atoms with E-state index < -0.39 is 5.60 Å². The summed E-state index contributed by atoms with van der Waals surface area (Å²) in [6.07, 6.45) is 2.60. The van der Waals surface area contributed by atoms with Gasteiger partial charge in [0.05, 0.1) is 5.69 Å². The minimum Gasteiger partial charge on any atom is -0.384 e. The van der Waals surface area contributed by atoms with Gasteiger partial charge in [-0.25, -0.2) is 0 Å². The Hall–Kier alpha value is -2.20. The summed E-state index contributed by atoms with van der Waals surface area (Å²) in [5, 5.41) is 10.1. The standard InChI is InChI=1S/C22H30N2O2/c1-5-10-17-11-7-8-13-19(17)21(25)24(6-2)16-15-18-12-9-14-20(23-18)22(3,4)26/h7-9,11-14,26H,5-6,10,15-16H2,1-4H3. The number of benzene rings is 1. The van der Waals surface area contributed by atoms with Crippen molar-refractivity contribution in [3.63, 3.8) is 0 Å². The van der Waals surface area contributed by atoms with E-state index in [1.807, 2.05) is 54.3 Å². The summed E-state index contributed by atoms with van der Waals surface area (Å²) in [4.78, 5) is 19.4. The molecule has 140 valence electrons. The van der Waals surface area contributed by atoms with Crippen LogP contribution >= 0.6 is 0 Å². The quantitative estimate of drug-likeness (QED) is 0.780. The van der Waals surface area contributed by atoms with Crippen molar-refractivity contribution in [2.45, 2.75) is 52.6 Å². The minimum atomic E-state index is -0.963. The topological polar surface area (TPSA) is 53.4 Å². The number of hydrogen-bond donors (Lipinski definition) is 1. The predicted molar refractivity (Wildman–Crippen MR) is 105 cm³/mol. The second kappa shape index (κ2) is 8.95. The molecule has 0 aliphatic rings. The summed E-state index contributed by atoms with van der Waals surface area (Å²) in [6, 6.07) is 13.6. The maximum Gasteiger partial charge on any atom is 0.254 e. The van der Waals surface area contributed by atoms with Gasteiger partial charge in [0.1, 0.15) is 5.60 Å². The molecule has 1 aromatic heterocycles. The van der Waals surface area contributed by atoms with E-state index in [1.165, 1.54) is 0 Å². The SMILES string of the molecule is CCCc1ccccc1C(=O)N(CC)CCc1cccc(C(C)(C)O)n1. The number of carbonyl (C=O) groups excluding carboxylic acids is 1. The Balaban J connectivity index is 2.12. The maximum atomic E-state index is 13.0. The lowest BCUT2D eigenvalue weighted by Gasteiger charge is -2.23. The fourth-order valence-corrected chi connectivity index (χ4v) is 3.00. The molecule has 0 fully saturated rings. The molecule has 26 heavy (non-hydrogen) atoms. The lowest BCUT2D eigenvalue weighted by molar-refractivity contribution is 0.0728. The first-order chi connectivity index (χ1) is 12.4. The number of aromatic nitrogens is 1. The molecular formula is C22H30N2O2. The van der Waals surface area contributed by atoms with Crippen molar-refractivity contribution in [3.8, 4) is 0 Å². The van der Waals surface area contributed by atoms with Crippen LogP contribution in [0.5, 0.6) is 0 Å². The second-order valence-electron chi connectivity index (χ2n) is 7.12. The van der Waals surface area contributed by atoms with E-state index >= 15 is 0 Å². The van der Waals surface area contributed by atoms with Crippen molar-refractivity contribution in [1.29, 1.82) is 0 Å². The van der Waals surface area contributed by atoms with Gasteiger partial charge in [-0.3, -0.25) is 9.78 Å². The van der Waals surface area contributed by atoms with Gasteiger partial charge in [0.15, 0.2) is 0 Å². The highest BCUT2D eigenvalue weighted by Crippen LogP contribution is 2.18. The fraction of sp³-hybridized carbons (Fsp3) is 0.455. The number of rotatable bonds is 8. The number of aliphatic hydroxyl groups is 1. The van der Waals surface area contributed by atoms with Crippen molar-refractivity contribution in [2.75, 3.05) is 13.1 Å². The molecule has 0 aliphatic carbocycles. The largest absolute Gasteiger partial charge is 0.384 e. The molecule has 0 aliphatic heterocycles. The zero-order valence-electron chi connectivity index (χ0n) is 16.3. The average Bonchev–Trinajstić information content (AvgIpc) is 2.62. The molecule has 0 unspecified atom stereocenters. The highest BCUT2D eigenvalue weighted by Gasteiger charge is 2.19. The lowest BCUT2D eigenvalue weighted by atomic mass is 10.0. The van der Waals surface area contributed by atoms with E-state index in [0.717, 1.165) is 29.7 Å². The summed E-state index contributed by atoms with van der Waals surface area (Å²) in [7, 11) is 0. The molecule has 2 rings (SSSR count). The Kier molecular flexibility index (Phi) is 6.92. The third-order valence-electron chi connectivity index (χ3n) is 4.51. The smallest absolute Gasteiger partial charge is 0.254 e. The van der Waals surface area contributed by atoms with E-state index in [9.17, 15) is 9.90 Å². The van der Waals surface area contributed by atoms with Gasteiger partial charge in [0.25, 0.3) is 5.91 Å². The molecule has 1 heterocycles. The summed E-state index contributed by atoms with van der Waals surface area (Å²) in [5.41, 5.74) is 2.49. The summed E-state index contributed by atoms with van der Waals surface area (Å²) >= 11 is 0. The second-order valence-corrected chi connectivity index (χ2v) is 7.12. The molecule has 4 heteroatoms.